The van der Waals surface area contributed by atoms with Gasteiger partial charge in [0.1, 0.15) is 5.82 Å². The molecule has 0 amide bonds. The van der Waals surface area contributed by atoms with Gasteiger partial charge in [-0.05, 0) is 13.8 Å². The summed E-state index contributed by atoms with van der Waals surface area (Å²) in [6, 6.07) is 0. The van der Waals surface area contributed by atoms with Crippen molar-refractivity contribution >= 4 is 5.82 Å². The molecule has 1 aliphatic heterocycles. The van der Waals surface area contributed by atoms with E-state index in [9.17, 15) is 0 Å². The van der Waals surface area contributed by atoms with Gasteiger partial charge in [0.05, 0.1) is 30.3 Å². The number of morpholine rings is 1. The summed E-state index contributed by atoms with van der Waals surface area (Å²) in [4.78, 5) is 10.6. The summed E-state index contributed by atoms with van der Waals surface area (Å²) in [5, 5.41) is 0. The highest BCUT2D eigenvalue weighted by Crippen LogP contribution is 2.12. The van der Waals surface area contributed by atoms with Crippen LogP contribution in [0.15, 0.2) is 12.4 Å². The predicted octanol–water partition coefficient (Wildman–Crippen LogP) is 0.668. The molecule has 0 aliphatic carbocycles. The molecule has 2 N–H and O–H groups in total. The molecule has 0 bridgehead atoms. The number of rotatable bonds is 2. The molecule has 88 valence electrons. The van der Waals surface area contributed by atoms with E-state index in [1.54, 1.807) is 12.4 Å². The van der Waals surface area contributed by atoms with Crippen molar-refractivity contribution in [2.75, 3.05) is 18.8 Å². The number of nitrogen functional groups attached to an aromatic ring is 1. The average Bonchev–Trinajstić information content (AvgIpc) is 2.20. The highest BCUT2D eigenvalue weighted by atomic mass is 16.5. The second-order valence-corrected chi connectivity index (χ2v) is 4.38. The van der Waals surface area contributed by atoms with Crippen LogP contribution in [0.2, 0.25) is 0 Å². The Morgan fingerprint density at radius 3 is 2.56 bits per heavy atom. The molecule has 0 aromatic carbocycles. The van der Waals surface area contributed by atoms with Crippen LogP contribution in [0, 0.1) is 0 Å². The maximum Gasteiger partial charge on any atom is 0.141 e. The summed E-state index contributed by atoms with van der Waals surface area (Å²) < 4.78 is 5.68. The maximum atomic E-state index is 5.68. The Morgan fingerprint density at radius 2 is 2.00 bits per heavy atom. The third-order valence-electron chi connectivity index (χ3n) is 2.61. The van der Waals surface area contributed by atoms with Gasteiger partial charge in [0.2, 0.25) is 0 Å². The SMILES string of the molecule is CC1CN(Cc2cnc(N)cn2)CC(C)O1. The number of ether oxygens (including phenoxy) is 1. The Labute approximate surface area is 95.6 Å². The third-order valence-corrected chi connectivity index (χ3v) is 2.61. The lowest BCUT2D eigenvalue weighted by atomic mass is 10.2. The lowest BCUT2D eigenvalue weighted by Gasteiger charge is -2.34. The van der Waals surface area contributed by atoms with Crippen LogP contribution in [0.25, 0.3) is 0 Å². The summed E-state index contributed by atoms with van der Waals surface area (Å²) in [5.74, 6) is 0.465. The first-order valence-corrected chi connectivity index (χ1v) is 5.57. The molecule has 0 radical (unpaired) electrons. The molecule has 5 nitrogen and oxygen atoms in total. The first kappa shape index (κ1) is 11.3. The zero-order valence-electron chi connectivity index (χ0n) is 9.76. The first-order valence-electron chi connectivity index (χ1n) is 5.57. The largest absolute Gasteiger partial charge is 0.382 e. The molecule has 2 rings (SSSR count). The van der Waals surface area contributed by atoms with Gasteiger partial charge in [0, 0.05) is 19.6 Å². The fourth-order valence-electron chi connectivity index (χ4n) is 2.09. The van der Waals surface area contributed by atoms with Gasteiger partial charge < -0.3 is 10.5 Å². The first-order chi connectivity index (χ1) is 7.63. The van der Waals surface area contributed by atoms with Crippen molar-refractivity contribution < 1.29 is 4.74 Å². The van der Waals surface area contributed by atoms with Gasteiger partial charge >= 0.3 is 0 Å². The van der Waals surface area contributed by atoms with Gasteiger partial charge in [-0.25, -0.2) is 4.98 Å². The molecule has 16 heavy (non-hydrogen) atoms. The number of aromatic nitrogens is 2. The van der Waals surface area contributed by atoms with E-state index in [1.807, 2.05) is 0 Å². The van der Waals surface area contributed by atoms with Gasteiger partial charge in [-0.3, -0.25) is 9.88 Å². The maximum absolute atomic E-state index is 5.68. The molecule has 5 heteroatoms. The second kappa shape index (κ2) is 4.76. The molecule has 2 heterocycles. The molecule has 1 fully saturated rings. The zero-order valence-corrected chi connectivity index (χ0v) is 9.76. The molecular weight excluding hydrogens is 204 g/mol. The summed E-state index contributed by atoms with van der Waals surface area (Å²) in [5.41, 5.74) is 6.45. The molecule has 2 unspecified atom stereocenters. The Kier molecular flexibility index (Phi) is 3.36. The van der Waals surface area contributed by atoms with E-state index < -0.39 is 0 Å². The average molecular weight is 222 g/mol. The smallest absolute Gasteiger partial charge is 0.141 e. The van der Waals surface area contributed by atoms with Crippen LogP contribution < -0.4 is 5.73 Å². The van der Waals surface area contributed by atoms with E-state index in [4.69, 9.17) is 10.5 Å². The van der Waals surface area contributed by atoms with Crippen molar-refractivity contribution in [2.24, 2.45) is 0 Å². The molecule has 2 atom stereocenters. The number of nitrogens with zero attached hydrogens (tertiary/aromatic N) is 3. The van der Waals surface area contributed by atoms with Crippen molar-refractivity contribution in [1.82, 2.24) is 14.9 Å². The second-order valence-electron chi connectivity index (χ2n) is 4.38. The molecule has 1 aromatic heterocycles. The fraction of sp³-hybridized carbons (Fsp3) is 0.636. The zero-order chi connectivity index (χ0) is 11.5. The van der Waals surface area contributed by atoms with E-state index in [1.165, 1.54) is 0 Å². The third kappa shape index (κ3) is 2.90. The topological polar surface area (TPSA) is 64.3 Å². The molecule has 1 aliphatic rings. The van der Waals surface area contributed by atoms with Crippen LogP contribution in [0.3, 0.4) is 0 Å². The standard InChI is InChI=1S/C11H18N4O/c1-8-5-15(6-9(2)16-8)7-10-3-14-11(12)4-13-10/h3-4,8-9H,5-7H2,1-2H3,(H2,12,14). The van der Waals surface area contributed by atoms with Crippen LogP contribution in [-0.2, 0) is 11.3 Å². The van der Waals surface area contributed by atoms with Gasteiger partial charge in [0.15, 0.2) is 0 Å². The van der Waals surface area contributed by atoms with E-state index in [-0.39, 0.29) is 12.2 Å². The Bertz CT molecular complexity index is 330. The highest BCUT2D eigenvalue weighted by Gasteiger charge is 2.22. The van der Waals surface area contributed by atoms with Gasteiger partial charge in [-0.15, -0.1) is 0 Å². The van der Waals surface area contributed by atoms with E-state index >= 15 is 0 Å². The minimum atomic E-state index is 0.283. The Balaban J connectivity index is 1.96. The number of nitrogens with two attached hydrogens (primary N) is 1. The van der Waals surface area contributed by atoms with Crippen LogP contribution >= 0.6 is 0 Å². The van der Waals surface area contributed by atoms with Gasteiger partial charge in [-0.2, -0.15) is 0 Å². The molecule has 1 aromatic rings. The predicted molar refractivity (Wildman–Crippen MR) is 61.7 cm³/mol. The summed E-state index contributed by atoms with van der Waals surface area (Å²) in [6.07, 6.45) is 3.90. The van der Waals surface area contributed by atoms with Crippen LogP contribution in [-0.4, -0.2) is 40.2 Å². The van der Waals surface area contributed by atoms with Crippen molar-refractivity contribution in [3.05, 3.63) is 18.1 Å². The highest BCUT2D eigenvalue weighted by molar-refractivity contribution is 5.22. The van der Waals surface area contributed by atoms with Crippen LogP contribution in [0.4, 0.5) is 5.82 Å². The van der Waals surface area contributed by atoms with Crippen molar-refractivity contribution in [3.63, 3.8) is 0 Å². The summed E-state index contributed by atoms with van der Waals surface area (Å²) in [7, 11) is 0. The molecule has 1 saturated heterocycles. The van der Waals surface area contributed by atoms with Crippen molar-refractivity contribution in [3.8, 4) is 0 Å². The van der Waals surface area contributed by atoms with Crippen LogP contribution in [0.5, 0.6) is 0 Å². The summed E-state index contributed by atoms with van der Waals surface area (Å²) in [6.45, 7) is 6.88. The summed E-state index contributed by atoms with van der Waals surface area (Å²) >= 11 is 0. The van der Waals surface area contributed by atoms with Crippen molar-refractivity contribution in [1.29, 1.82) is 0 Å². The Hall–Kier alpha value is -1.20. The molecular formula is C11H18N4O. The number of anilines is 1. The monoisotopic (exact) mass is 222 g/mol. The number of hydrogen-bond acceptors (Lipinski definition) is 5. The normalized spacial score (nSPS) is 26.9. The Morgan fingerprint density at radius 1 is 1.31 bits per heavy atom. The number of hydrogen-bond donors (Lipinski definition) is 1. The van der Waals surface area contributed by atoms with Gasteiger partial charge in [-0.1, -0.05) is 0 Å². The van der Waals surface area contributed by atoms with Crippen molar-refractivity contribution in [2.45, 2.75) is 32.6 Å². The minimum absolute atomic E-state index is 0.283. The van der Waals surface area contributed by atoms with E-state index in [2.05, 4.69) is 28.7 Å². The fourth-order valence-corrected chi connectivity index (χ4v) is 2.09. The van der Waals surface area contributed by atoms with Gasteiger partial charge in [0.25, 0.3) is 0 Å². The molecule has 0 spiro atoms. The molecule has 0 saturated carbocycles. The lowest BCUT2D eigenvalue weighted by molar-refractivity contribution is -0.0707. The van der Waals surface area contributed by atoms with Crippen LogP contribution in [0.1, 0.15) is 19.5 Å². The van der Waals surface area contributed by atoms with E-state index in [0.717, 1.165) is 25.3 Å². The quantitative estimate of drug-likeness (QED) is 0.796. The van der Waals surface area contributed by atoms with E-state index in [0.29, 0.717) is 5.82 Å². The lowest BCUT2D eigenvalue weighted by Crippen LogP contribution is -2.44. The minimum Gasteiger partial charge on any atom is -0.382 e.